The van der Waals surface area contributed by atoms with Crippen LogP contribution in [-0.2, 0) is 4.79 Å². The molecule has 6 heteroatoms. The fourth-order valence-corrected chi connectivity index (χ4v) is 3.90. The number of aromatic nitrogens is 2. The summed E-state index contributed by atoms with van der Waals surface area (Å²) in [6, 6.07) is 19.5. The number of anilines is 2. The highest BCUT2D eigenvalue weighted by Gasteiger charge is 2.17. The lowest BCUT2D eigenvalue weighted by molar-refractivity contribution is -0.118. The molecule has 2 aromatic carbocycles. The summed E-state index contributed by atoms with van der Waals surface area (Å²) in [5, 5.41) is 11.7. The molecule has 0 aliphatic carbocycles. The first-order chi connectivity index (χ1) is 16.0. The third kappa shape index (κ3) is 6.09. The summed E-state index contributed by atoms with van der Waals surface area (Å²) in [5.74, 6) is 2.68. The second-order valence-corrected chi connectivity index (χ2v) is 9.08. The number of nitrogens with one attached hydrogen (secondary N) is 1. The average Bonchev–Trinajstić information content (AvgIpc) is 2.84. The van der Waals surface area contributed by atoms with Gasteiger partial charge in [0.25, 0.3) is 5.91 Å². The number of nitrogens with zero attached hydrogens (tertiary/aromatic N) is 3. The highest BCUT2D eigenvalue weighted by molar-refractivity contribution is 5.92. The van der Waals surface area contributed by atoms with Gasteiger partial charge in [0.15, 0.2) is 12.4 Å². The minimum Gasteiger partial charge on any atom is -0.484 e. The van der Waals surface area contributed by atoms with Gasteiger partial charge in [-0.05, 0) is 66.6 Å². The molecule has 0 unspecified atom stereocenters. The topological polar surface area (TPSA) is 67.4 Å². The Labute approximate surface area is 196 Å². The number of piperidine rings is 1. The molecule has 0 spiro atoms. The van der Waals surface area contributed by atoms with E-state index in [0.717, 1.165) is 41.8 Å². The fourth-order valence-electron chi connectivity index (χ4n) is 3.90. The van der Waals surface area contributed by atoms with Gasteiger partial charge in [-0.2, -0.15) is 0 Å². The van der Waals surface area contributed by atoms with Gasteiger partial charge in [0.05, 0.1) is 5.69 Å². The number of amides is 1. The van der Waals surface area contributed by atoms with Crippen molar-refractivity contribution in [3.63, 3.8) is 0 Å². The number of benzene rings is 2. The molecule has 3 aromatic rings. The van der Waals surface area contributed by atoms with Crippen molar-refractivity contribution in [1.82, 2.24) is 10.2 Å². The van der Waals surface area contributed by atoms with Gasteiger partial charge in [0, 0.05) is 24.3 Å². The van der Waals surface area contributed by atoms with Crippen LogP contribution >= 0.6 is 0 Å². The first kappa shape index (κ1) is 22.8. The van der Waals surface area contributed by atoms with Gasteiger partial charge in [0.1, 0.15) is 5.75 Å². The van der Waals surface area contributed by atoms with Gasteiger partial charge in [-0.25, -0.2) is 0 Å². The number of hydrogen-bond donors (Lipinski definition) is 1. The summed E-state index contributed by atoms with van der Waals surface area (Å²) in [6.07, 6.45) is 2.40. The van der Waals surface area contributed by atoms with Crippen molar-refractivity contribution in [2.24, 2.45) is 5.92 Å². The lowest BCUT2D eigenvalue weighted by Crippen LogP contribution is -2.33. The van der Waals surface area contributed by atoms with Crippen molar-refractivity contribution in [2.45, 2.75) is 39.5 Å². The minimum atomic E-state index is -0.198. The predicted octanol–water partition coefficient (Wildman–Crippen LogP) is 5.52. The Morgan fingerprint density at radius 2 is 1.70 bits per heavy atom. The van der Waals surface area contributed by atoms with Gasteiger partial charge < -0.3 is 15.0 Å². The summed E-state index contributed by atoms with van der Waals surface area (Å²) in [7, 11) is 0. The molecule has 0 saturated carbocycles. The predicted molar refractivity (Wildman–Crippen MR) is 133 cm³/mol. The van der Waals surface area contributed by atoms with Crippen molar-refractivity contribution >= 4 is 17.4 Å². The van der Waals surface area contributed by atoms with E-state index in [4.69, 9.17) is 4.74 Å². The van der Waals surface area contributed by atoms with Gasteiger partial charge in [0.2, 0.25) is 0 Å². The summed E-state index contributed by atoms with van der Waals surface area (Å²) in [6.45, 7) is 8.63. The zero-order valence-electron chi connectivity index (χ0n) is 19.6. The fraction of sp³-hybridized carbons (Fsp3) is 0.370. The molecule has 0 radical (unpaired) electrons. The molecule has 1 N–H and O–H groups in total. The van der Waals surface area contributed by atoms with Crippen LogP contribution in [0.15, 0.2) is 60.7 Å². The highest BCUT2D eigenvalue weighted by Crippen LogP contribution is 2.24. The van der Waals surface area contributed by atoms with Crippen molar-refractivity contribution in [1.29, 1.82) is 0 Å². The van der Waals surface area contributed by atoms with Crippen molar-refractivity contribution < 1.29 is 9.53 Å². The van der Waals surface area contributed by atoms with Crippen molar-refractivity contribution in [3.8, 4) is 17.0 Å². The average molecular weight is 445 g/mol. The van der Waals surface area contributed by atoms with E-state index in [1.54, 1.807) is 0 Å². The largest absolute Gasteiger partial charge is 0.484 e. The molecule has 33 heavy (non-hydrogen) atoms. The molecule has 1 amide bonds. The summed E-state index contributed by atoms with van der Waals surface area (Å²) in [4.78, 5) is 14.6. The van der Waals surface area contributed by atoms with E-state index in [1.807, 2.05) is 60.7 Å². The van der Waals surface area contributed by atoms with Gasteiger partial charge in [-0.15, -0.1) is 10.2 Å². The molecule has 0 bridgehead atoms. The first-order valence-electron chi connectivity index (χ1n) is 11.7. The molecule has 1 aliphatic rings. The van der Waals surface area contributed by atoms with Gasteiger partial charge >= 0.3 is 0 Å². The molecule has 1 aliphatic heterocycles. The van der Waals surface area contributed by atoms with Crippen LogP contribution in [0.3, 0.4) is 0 Å². The maximum Gasteiger partial charge on any atom is 0.262 e. The number of ether oxygens (including phenoxy) is 1. The monoisotopic (exact) mass is 444 g/mol. The lowest BCUT2D eigenvalue weighted by atomic mass is 9.99. The number of carbonyl (C=O) groups is 1. The zero-order valence-corrected chi connectivity index (χ0v) is 19.6. The molecule has 172 valence electrons. The normalized spacial score (nSPS) is 14.4. The van der Waals surface area contributed by atoms with Crippen LogP contribution in [0.5, 0.6) is 5.75 Å². The third-order valence-corrected chi connectivity index (χ3v) is 6.14. The first-order valence-corrected chi connectivity index (χ1v) is 11.7. The Morgan fingerprint density at radius 3 is 2.30 bits per heavy atom. The van der Waals surface area contributed by atoms with E-state index >= 15 is 0 Å². The maximum absolute atomic E-state index is 12.3. The Hall–Kier alpha value is -3.41. The van der Waals surface area contributed by atoms with Crippen molar-refractivity contribution in [3.05, 3.63) is 66.2 Å². The molecule has 1 fully saturated rings. The van der Waals surface area contributed by atoms with E-state index in [0.29, 0.717) is 11.7 Å². The summed E-state index contributed by atoms with van der Waals surface area (Å²) < 4.78 is 5.60. The Balaban J connectivity index is 1.29. The molecule has 6 nitrogen and oxygen atoms in total. The highest BCUT2D eigenvalue weighted by atomic mass is 16.5. The molecule has 1 saturated heterocycles. The smallest absolute Gasteiger partial charge is 0.262 e. The van der Waals surface area contributed by atoms with E-state index in [1.165, 1.54) is 18.4 Å². The van der Waals surface area contributed by atoms with Crippen LogP contribution in [0.1, 0.15) is 45.1 Å². The quantitative estimate of drug-likeness (QED) is 0.520. The Morgan fingerprint density at radius 1 is 1.00 bits per heavy atom. The molecular formula is C27H32N4O2. The minimum absolute atomic E-state index is 0.0367. The Kier molecular flexibility index (Phi) is 7.23. The maximum atomic E-state index is 12.3. The van der Waals surface area contributed by atoms with Crippen LogP contribution in [0.4, 0.5) is 11.5 Å². The van der Waals surface area contributed by atoms with E-state index < -0.39 is 0 Å². The van der Waals surface area contributed by atoms with Crippen LogP contribution in [0.2, 0.25) is 0 Å². The molecule has 4 rings (SSSR count). The number of rotatable bonds is 7. The molecule has 0 atom stereocenters. The lowest BCUT2D eigenvalue weighted by Gasteiger charge is -2.30. The van der Waals surface area contributed by atoms with Crippen LogP contribution in [-0.4, -0.2) is 35.8 Å². The Bertz CT molecular complexity index is 1040. The number of hydrogen-bond acceptors (Lipinski definition) is 5. The summed E-state index contributed by atoms with van der Waals surface area (Å²) in [5.41, 5.74) is 3.73. The van der Waals surface area contributed by atoms with Crippen LogP contribution in [0, 0.1) is 5.92 Å². The number of carbonyl (C=O) groups excluding carboxylic acids is 1. The molecular weight excluding hydrogens is 412 g/mol. The van der Waals surface area contributed by atoms with Crippen LogP contribution < -0.4 is 15.0 Å². The third-order valence-electron chi connectivity index (χ3n) is 6.14. The standard InChI is InChI=1S/C27H32N4O2/c1-19(2)21-6-10-24(11-7-21)33-18-27(32)28-23-8-4-22(5-9-23)25-12-13-26(30-29-25)31-16-14-20(3)15-17-31/h4-13,19-20H,14-18H2,1-3H3,(H,28,32). The molecule has 1 aromatic heterocycles. The molecule has 2 heterocycles. The zero-order chi connectivity index (χ0) is 23.2. The SMILES string of the molecule is CC1CCN(c2ccc(-c3ccc(NC(=O)COc4ccc(C(C)C)cc4)cc3)nn2)CC1. The van der Waals surface area contributed by atoms with Gasteiger partial charge in [-0.3, -0.25) is 4.79 Å². The second-order valence-electron chi connectivity index (χ2n) is 9.08. The second kappa shape index (κ2) is 10.5. The van der Waals surface area contributed by atoms with Gasteiger partial charge in [-0.1, -0.05) is 45.0 Å². The van der Waals surface area contributed by atoms with E-state index in [9.17, 15) is 4.79 Å². The van der Waals surface area contributed by atoms with Crippen LogP contribution in [0.25, 0.3) is 11.3 Å². The van der Waals surface area contributed by atoms with E-state index in [-0.39, 0.29) is 12.5 Å². The summed E-state index contributed by atoms with van der Waals surface area (Å²) >= 11 is 0. The van der Waals surface area contributed by atoms with E-state index in [2.05, 4.69) is 41.2 Å². The van der Waals surface area contributed by atoms with Crippen molar-refractivity contribution in [2.75, 3.05) is 29.9 Å².